The summed E-state index contributed by atoms with van der Waals surface area (Å²) in [5.41, 5.74) is 4.23. The van der Waals surface area contributed by atoms with Crippen LogP contribution in [-0.4, -0.2) is 41.0 Å². The number of thiophene rings is 1. The fourth-order valence-electron chi connectivity index (χ4n) is 3.65. The molecule has 3 aromatic rings. The van der Waals surface area contributed by atoms with Crippen molar-refractivity contribution in [2.45, 2.75) is 39.2 Å². The molecule has 3 heterocycles. The van der Waals surface area contributed by atoms with Gasteiger partial charge in [0.15, 0.2) is 0 Å². The van der Waals surface area contributed by atoms with Crippen molar-refractivity contribution in [1.82, 2.24) is 9.88 Å². The number of benzene rings is 1. The Kier molecular flexibility index (Phi) is 5.67. The number of nitrogens with zero attached hydrogens (tertiary/aromatic N) is 2. The van der Waals surface area contributed by atoms with Gasteiger partial charge in [0, 0.05) is 46.9 Å². The molecule has 0 fully saturated rings. The zero-order valence-electron chi connectivity index (χ0n) is 18.3. The van der Waals surface area contributed by atoms with E-state index in [-0.39, 0.29) is 18.3 Å². The molecule has 0 atom stereocenters. The first-order valence-corrected chi connectivity index (χ1v) is 11.2. The van der Waals surface area contributed by atoms with Gasteiger partial charge in [-0.25, -0.2) is 0 Å². The summed E-state index contributed by atoms with van der Waals surface area (Å²) in [7, 11) is 1.85. The van der Waals surface area contributed by atoms with Crippen molar-refractivity contribution >= 4 is 23.2 Å². The fourth-order valence-corrected chi connectivity index (χ4v) is 4.64. The van der Waals surface area contributed by atoms with Gasteiger partial charge in [0.2, 0.25) is 0 Å². The van der Waals surface area contributed by atoms with Crippen molar-refractivity contribution in [1.29, 1.82) is 0 Å². The van der Waals surface area contributed by atoms with Crippen molar-refractivity contribution in [3.8, 4) is 20.9 Å². The molecule has 1 aliphatic rings. The van der Waals surface area contributed by atoms with Crippen LogP contribution < -0.4 is 0 Å². The van der Waals surface area contributed by atoms with E-state index >= 15 is 0 Å². The zero-order valence-corrected chi connectivity index (χ0v) is 19.1. The molecule has 0 saturated heterocycles. The standard InChI is InChI=1S/C25H26N2O3S/c1-25(2,3)30-23(28)12-16-11-19(15-26-14-16)22-8-7-21(31-22)18-6-5-17-9-10-27(4)24(29)20(17)13-18/h5-8,11,13-15H,9-10,12H2,1-4H3. The first-order chi connectivity index (χ1) is 14.7. The molecule has 4 rings (SSSR count). The molecule has 0 aliphatic carbocycles. The highest BCUT2D eigenvalue weighted by molar-refractivity contribution is 7.18. The van der Waals surface area contributed by atoms with Gasteiger partial charge in [0.25, 0.3) is 5.91 Å². The molecular formula is C25H26N2O3S. The average Bonchev–Trinajstić information content (AvgIpc) is 3.20. The van der Waals surface area contributed by atoms with Gasteiger partial charge in [0.1, 0.15) is 5.60 Å². The van der Waals surface area contributed by atoms with Crippen LogP contribution in [0.1, 0.15) is 42.3 Å². The predicted octanol–water partition coefficient (Wildman–Crippen LogP) is 4.99. The Morgan fingerprint density at radius 3 is 2.58 bits per heavy atom. The SMILES string of the molecule is CN1CCc2ccc(-c3ccc(-c4cncc(CC(=O)OC(C)(C)C)c4)s3)cc2C1=O. The number of ether oxygens (including phenoxy) is 1. The minimum atomic E-state index is -0.504. The van der Waals surface area contributed by atoms with Gasteiger partial charge in [-0.1, -0.05) is 12.1 Å². The lowest BCUT2D eigenvalue weighted by Gasteiger charge is -2.25. The fraction of sp³-hybridized carbons (Fsp3) is 0.320. The Hall–Kier alpha value is -2.99. The van der Waals surface area contributed by atoms with Crippen LogP contribution >= 0.6 is 11.3 Å². The van der Waals surface area contributed by atoms with Crippen molar-refractivity contribution in [2.24, 2.45) is 0 Å². The van der Waals surface area contributed by atoms with E-state index in [9.17, 15) is 9.59 Å². The third-order valence-electron chi connectivity index (χ3n) is 5.14. The van der Waals surface area contributed by atoms with Gasteiger partial charge in [-0.2, -0.15) is 0 Å². The molecule has 0 saturated carbocycles. The van der Waals surface area contributed by atoms with Crippen LogP contribution in [0, 0.1) is 0 Å². The Balaban J connectivity index is 1.56. The second kappa shape index (κ2) is 8.27. The number of hydrogen-bond donors (Lipinski definition) is 0. The maximum atomic E-state index is 12.5. The molecule has 160 valence electrons. The highest BCUT2D eigenvalue weighted by Gasteiger charge is 2.22. The molecule has 1 aromatic carbocycles. The number of carbonyl (C=O) groups excluding carboxylic acids is 2. The minimum absolute atomic E-state index is 0.0823. The maximum Gasteiger partial charge on any atom is 0.310 e. The van der Waals surface area contributed by atoms with Gasteiger partial charge in [-0.3, -0.25) is 14.6 Å². The molecule has 0 N–H and O–H groups in total. The molecule has 2 aromatic heterocycles. The molecular weight excluding hydrogens is 408 g/mol. The highest BCUT2D eigenvalue weighted by Crippen LogP contribution is 2.36. The number of fused-ring (bicyclic) bond motifs is 1. The first kappa shape index (κ1) is 21.2. The zero-order chi connectivity index (χ0) is 22.2. The summed E-state index contributed by atoms with van der Waals surface area (Å²) in [5, 5.41) is 0. The van der Waals surface area contributed by atoms with Crippen LogP contribution in [-0.2, 0) is 22.4 Å². The summed E-state index contributed by atoms with van der Waals surface area (Å²) in [6, 6.07) is 12.3. The Morgan fingerprint density at radius 2 is 1.84 bits per heavy atom. The molecule has 5 nitrogen and oxygen atoms in total. The van der Waals surface area contributed by atoms with Gasteiger partial charge in [0.05, 0.1) is 6.42 Å². The molecule has 0 unspecified atom stereocenters. The number of pyridine rings is 1. The number of hydrogen-bond acceptors (Lipinski definition) is 5. The Bertz CT molecular complexity index is 1140. The lowest BCUT2D eigenvalue weighted by molar-refractivity contribution is -0.153. The van der Waals surface area contributed by atoms with E-state index in [1.807, 2.05) is 40.0 Å². The van der Waals surface area contributed by atoms with Crippen molar-refractivity contribution in [2.75, 3.05) is 13.6 Å². The van der Waals surface area contributed by atoms with E-state index in [2.05, 4.69) is 29.2 Å². The number of esters is 1. The van der Waals surface area contributed by atoms with Gasteiger partial charge < -0.3 is 9.64 Å². The van der Waals surface area contributed by atoms with E-state index in [1.165, 1.54) is 0 Å². The molecule has 1 aliphatic heterocycles. The third-order valence-corrected chi connectivity index (χ3v) is 6.33. The molecule has 0 bridgehead atoms. The summed E-state index contributed by atoms with van der Waals surface area (Å²) >= 11 is 1.65. The monoisotopic (exact) mass is 434 g/mol. The van der Waals surface area contributed by atoms with E-state index in [0.717, 1.165) is 50.5 Å². The summed E-state index contributed by atoms with van der Waals surface area (Å²) in [5.74, 6) is -0.180. The number of carbonyl (C=O) groups is 2. The van der Waals surface area contributed by atoms with Crippen LogP contribution in [0.4, 0.5) is 0 Å². The van der Waals surface area contributed by atoms with Crippen LogP contribution in [0.5, 0.6) is 0 Å². The van der Waals surface area contributed by atoms with Crippen LogP contribution in [0.3, 0.4) is 0 Å². The molecule has 31 heavy (non-hydrogen) atoms. The van der Waals surface area contributed by atoms with Gasteiger partial charge in [-0.05, 0) is 68.1 Å². The second-order valence-electron chi connectivity index (χ2n) is 8.86. The molecule has 0 radical (unpaired) electrons. The maximum absolute atomic E-state index is 12.5. The third kappa shape index (κ3) is 4.85. The van der Waals surface area contributed by atoms with Gasteiger partial charge >= 0.3 is 5.97 Å². The predicted molar refractivity (Wildman–Crippen MR) is 123 cm³/mol. The number of rotatable bonds is 4. The van der Waals surface area contributed by atoms with Crippen molar-refractivity contribution in [3.63, 3.8) is 0 Å². The van der Waals surface area contributed by atoms with Crippen LogP contribution in [0.15, 0.2) is 48.8 Å². The van der Waals surface area contributed by atoms with Crippen molar-refractivity contribution < 1.29 is 14.3 Å². The summed E-state index contributed by atoms with van der Waals surface area (Å²) in [4.78, 5) is 32.9. The summed E-state index contributed by atoms with van der Waals surface area (Å²) in [6.45, 7) is 6.35. The lowest BCUT2D eigenvalue weighted by atomic mass is 9.96. The normalized spacial score (nSPS) is 13.8. The summed E-state index contributed by atoms with van der Waals surface area (Å²) in [6.07, 6.45) is 4.59. The molecule has 6 heteroatoms. The van der Waals surface area contributed by atoms with E-state index in [0.29, 0.717) is 0 Å². The largest absolute Gasteiger partial charge is 0.460 e. The topological polar surface area (TPSA) is 59.5 Å². The quantitative estimate of drug-likeness (QED) is 0.543. The highest BCUT2D eigenvalue weighted by atomic mass is 32.1. The minimum Gasteiger partial charge on any atom is -0.460 e. The smallest absolute Gasteiger partial charge is 0.310 e. The lowest BCUT2D eigenvalue weighted by Crippen LogP contribution is -2.34. The molecule has 1 amide bonds. The van der Waals surface area contributed by atoms with E-state index in [1.54, 1.807) is 28.6 Å². The van der Waals surface area contributed by atoms with E-state index in [4.69, 9.17) is 4.74 Å². The first-order valence-electron chi connectivity index (χ1n) is 10.3. The summed E-state index contributed by atoms with van der Waals surface area (Å²) < 4.78 is 5.42. The number of aromatic nitrogens is 1. The van der Waals surface area contributed by atoms with E-state index < -0.39 is 5.60 Å². The van der Waals surface area contributed by atoms with Crippen LogP contribution in [0.2, 0.25) is 0 Å². The second-order valence-corrected chi connectivity index (χ2v) is 9.94. The van der Waals surface area contributed by atoms with Crippen LogP contribution in [0.25, 0.3) is 20.9 Å². The molecule has 0 spiro atoms. The van der Waals surface area contributed by atoms with Gasteiger partial charge in [-0.15, -0.1) is 11.3 Å². The average molecular weight is 435 g/mol. The number of amides is 1. The van der Waals surface area contributed by atoms with Crippen molar-refractivity contribution in [3.05, 3.63) is 65.5 Å². The Labute approximate surface area is 186 Å². The number of likely N-dealkylation sites (N-methyl/N-ethyl adjacent to an activating group) is 1. The Morgan fingerprint density at radius 1 is 1.10 bits per heavy atom.